The first-order valence-electron chi connectivity index (χ1n) is 9.00. The smallest absolute Gasteiger partial charge is 0.151 e. The van der Waals surface area contributed by atoms with Crippen LogP contribution in [-0.2, 0) is 4.74 Å². The molecule has 1 aromatic heterocycles. The molecule has 0 aliphatic carbocycles. The van der Waals surface area contributed by atoms with Gasteiger partial charge in [-0.25, -0.2) is 0 Å². The van der Waals surface area contributed by atoms with E-state index in [9.17, 15) is 5.26 Å². The molecule has 2 aliphatic heterocycles. The first kappa shape index (κ1) is 16.6. The number of piperazine rings is 1. The second kappa shape index (κ2) is 7.58. The molecule has 2 aliphatic rings. The van der Waals surface area contributed by atoms with E-state index in [2.05, 4.69) is 37.0 Å². The van der Waals surface area contributed by atoms with Crippen LogP contribution >= 0.6 is 0 Å². The van der Waals surface area contributed by atoms with Crippen molar-refractivity contribution in [3.05, 3.63) is 42.0 Å². The van der Waals surface area contributed by atoms with E-state index < -0.39 is 0 Å². The van der Waals surface area contributed by atoms with Gasteiger partial charge in [-0.15, -0.1) is 10.2 Å². The molecule has 26 heavy (non-hydrogen) atoms. The molecule has 0 atom stereocenters. The number of nitriles is 1. The molecule has 0 bridgehead atoms. The summed E-state index contributed by atoms with van der Waals surface area (Å²) in [5.41, 5.74) is 1.75. The number of benzene rings is 1. The highest BCUT2D eigenvalue weighted by Gasteiger charge is 2.21. The summed E-state index contributed by atoms with van der Waals surface area (Å²) in [6.45, 7) is 6.69. The van der Waals surface area contributed by atoms with Gasteiger partial charge in [0, 0.05) is 39.3 Å². The average Bonchev–Trinajstić information content (AvgIpc) is 2.74. The molecular weight excluding hydrogens is 328 g/mol. The number of nitrogens with zero attached hydrogens (tertiary/aromatic N) is 6. The molecule has 134 valence electrons. The Morgan fingerprint density at radius 1 is 0.769 bits per heavy atom. The largest absolute Gasteiger partial charge is 0.378 e. The van der Waals surface area contributed by atoms with Crippen LogP contribution in [-0.4, -0.2) is 62.7 Å². The third-order valence-electron chi connectivity index (χ3n) is 4.94. The van der Waals surface area contributed by atoms with Crippen molar-refractivity contribution in [1.82, 2.24) is 10.2 Å². The van der Waals surface area contributed by atoms with E-state index in [1.807, 2.05) is 30.3 Å². The molecular formula is C19H22N6O. The van der Waals surface area contributed by atoms with Crippen molar-refractivity contribution in [2.75, 3.05) is 67.2 Å². The highest BCUT2D eigenvalue weighted by Crippen LogP contribution is 2.23. The van der Waals surface area contributed by atoms with Gasteiger partial charge in [-0.1, -0.05) is 12.1 Å². The van der Waals surface area contributed by atoms with Crippen LogP contribution in [0.4, 0.5) is 17.3 Å². The maximum absolute atomic E-state index is 9.30. The van der Waals surface area contributed by atoms with Crippen molar-refractivity contribution in [1.29, 1.82) is 5.26 Å². The minimum atomic E-state index is 0.732. The predicted octanol–water partition coefficient (Wildman–Crippen LogP) is 1.51. The molecule has 0 spiro atoms. The third-order valence-corrected chi connectivity index (χ3v) is 4.94. The van der Waals surface area contributed by atoms with Crippen LogP contribution in [0.15, 0.2) is 36.4 Å². The Labute approximate surface area is 153 Å². The lowest BCUT2D eigenvalue weighted by Crippen LogP contribution is -2.47. The van der Waals surface area contributed by atoms with Gasteiger partial charge in [-0.05, 0) is 24.3 Å². The molecule has 2 fully saturated rings. The van der Waals surface area contributed by atoms with Crippen molar-refractivity contribution >= 4 is 17.3 Å². The summed E-state index contributed by atoms with van der Waals surface area (Å²) in [6, 6.07) is 14.2. The van der Waals surface area contributed by atoms with Gasteiger partial charge < -0.3 is 19.4 Å². The number of aromatic nitrogens is 2. The lowest BCUT2D eigenvalue weighted by atomic mass is 10.1. The highest BCUT2D eigenvalue weighted by atomic mass is 16.5. The average molecular weight is 350 g/mol. The standard InChI is InChI=1S/C19H22N6O/c20-15-16-3-1-2-4-17(16)23-7-9-24(10-8-23)18-5-6-19(22-21-18)25-11-13-26-14-12-25/h1-6H,7-14H2. The van der Waals surface area contributed by atoms with E-state index in [4.69, 9.17) is 4.74 Å². The molecule has 0 N–H and O–H groups in total. The minimum Gasteiger partial charge on any atom is -0.378 e. The molecule has 4 rings (SSSR count). The van der Waals surface area contributed by atoms with Gasteiger partial charge in [0.1, 0.15) is 6.07 Å². The van der Waals surface area contributed by atoms with Gasteiger partial charge in [-0.2, -0.15) is 5.26 Å². The van der Waals surface area contributed by atoms with Gasteiger partial charge >= 0.3 is 0 Å². The summed E-state index contributed by atoms with van der Waals surface area (Å²) in [4.78, 5) is 6.73. The van der Waals surface area contributed by atoms with E-state index >= 15 is 0 Å². The van der Waals surface area contributed by atoms with Gasteiger partial charge in [0.2, 0.25) is 0 Å². The van der Waals surface area contributed by atoms with Crippen molar-refractivity contribution in [3.63, 3.8) is 0 Å². The monoisotopic (exact) mass is 350 g/mol. The zero-order chi connectivity index (χ0) is 17.8. The van der Waals surface area contributed by atoms with Crippen LogP contribution in [0.25, 0.3) is 0 Å². The lowest BCUT2D eigenvalue weighted by Gasteiger charge is -2.37. The number of para-hydroxylation sites is 1. The second-order valence-corrected chi connectivity index (χ2v) is 6.45. The van der Waals surface area contributed by atoms with Crippen LogP contribution in [0.5, 0.6) is 0 Å². The van der Waals surface area contributed by atoms with Crippen LogP contribution < -0.4 is 14.7 Å². The maximum atomic E-state index is 9.30. The van der Waals surface area contributed by atoms with Crippen molar-refractivity contribution < 1.29 is 4.74 Å². The van der Waals surface area contributed by atoms with Crippen LogP contribution in [0.3, 0.4) is 0 Å². The Morgan fingerprint density at radius 2 is 1.35 bits per heavy atom. The maximum Gasteiger partial charge on any atom is 0.151 e. The Hall–Kier alpha value is -2.85. The molecule has 2 aromatic rings. The first-order valence-corrected chi connectivity index (χ1v) is 9.00. The van der Waals surface area contributed by atoms with Crippen molar-refractivity contribution in [3.8, 4) is 6.07 Å². The summed E-state index contributed by atoms with van der Waals surface area (Å²) >= 11 is 0. The number of morpholine rings is 1. The summed E-state index contributed by atoms with van der Waals surface area (Å²) < 4.78 is 5.38. The summed E-state index contributed by atoms with van der Waals surface area (Å²) in [7, 11) is 0. The van der Waals surface area contributed by atoms with E-state index in [0.29, 0.717) is 0 Å². The number of hydrogen-bond donors (Lipinski definition) is 0. The predicted molar refractivity (Wildman–Crippen MR) is 101 cm³/mol. The Bertz CT molecular complexity index is 773. The number of ether oxygens (including phenoxy) is 1. The third kappa shape index (κ3) is 3.41. The fourth-order valence-electron chi connectivity index (χ4n) is 3.47. The molecule has 0 saturated carbocycles. The van der Waals surface area contributed by atoms with Crippen molar-refractivity contribution in [2.45, 2.75) is 0 Å². The van der Waals surface area contributed by atoms with Gasteiger partial charge in [-0.3, -0.25) is 0 Å². The summed E-state index contributed by atoms with van der Waals surface area (Å²) in [6.07, 6.45) is 0. The lowest BCUT2D eigenvalue weighted by molar-refractivity contribution is 0.122. The SMILES string of the molecule is N#Cc1ccccc1N1CCN(c2ccc(N3CCOCC3)nn2)CC1. The van der Waals surface area contributed by atoms with E-state index in [1.165, 1.54) is 0 Å². The van der Waals surface area contributed by atoms with Gasteiger partial charge in [0.15, 0.2) is 11.6 Å². The fourth-order valence-corrected chi connectivity index (χ4v) is 3.47. The van der Waals surface area contributed by atoms with E-state index in [0.717, 1.165) is 75.4 Å². The first-order chi connectivity index (χ1) is 12.8. The molecule has 0 amide bonds. The number of anilines is 3. The Kier molecular flexibility index (Phi) is 4.84. The molecule has 7 heteroatoms. The molecule has 0 unspecified atom stereocenters. The minimum absolute atomic E-state index is 0.732. The normalized spacial score (nSPS) is 17.9. The van der Waals surface area contributed by atoms with Gasteiger partial charge in [0.25, 0.3) is 0 Å². The summed E-state index contributed by atoms with van der Waals surface area (Å²) in [5.74, 6) is 1.83. The quantitative estimate of drug-likeness (QED) is 0.831. The molecule has 7 nitrogen and oxygen atoms in total. The molecule has 2 saturated heterocycles. The second-order valence-electron chi connectivity index (χ2n) is 6.45. The van der Waals surface area contributed by atoms with Crippen molar-refractivity contribution in [2.24, 2.45) is 0 Å². The number of hydrogen-bond acceptors (Lipinski definition) is 7. The fraction of sp³-hybridized carbons (Fsp3) is 0.421. The Balaban J connectivity index is 1.39. The molecule has 1 aromatic carbocycles. The Morgan fingerprint density at radius 3 is 1.96 bits per heavy atom. The number of rotatable bonds is 3. The zero-order valence-corrected chi connectivity index (χ0v) is 14.7. The van der Waals surface area contributed by atoms with Crippen LogP contribution in [0.2, 0.25) is 0 Å². The van der Waals surface area contributed by atoms with Crippen LogP contribution in [0, 0.1) is 11.3 Å². The highest BCUT2D eigenvalue weighted by molar-refractivity contribution is 5.60. The van der Waals surface area contributed by atoms with E-state index in [1.54, 1.807) is 0 Å². The molecule has 3 heterocycles. The summed E-state index contributed by atoms with van der Waals surface area (Å²) in [5, 5.41) is 18.1. The van der Waals surface area contributed by atoms with Crippen LogP contribution in [0.1, 0.15) is 5.56 Å². The van der Waals surface area contributed by atoms with E-state index in [-0.39, 0.29) is 0 Å². The molecule has 0 radical (unpaired) electrons. The van der Waals surface area contributed by atoms with Gasteiger partial charge in [0.05, 0.1) is 24.5 Å². The zero-order valence-electron chi connectivity index (χ0n) is 14.7. The topological polar surface area (TPSA) is 68.5 Å².